The van der Waals surface area contributed by atoms with E-state index >= 15 is 0 Å². The summed E-state index contributed by atoms with van der Waals surface area (Å²) in [6, 6.07) is 12.1. The normalized spacial score (nSPS) is 14.1. The van der Waals surface area contributed by atoms with Crippen molar-refractivity contribution in [1.82, 2.24) is 5.32 Å². The Morgan fingerprint density at radius 2 is 1.67 bits per heavy atom. The maximum Gasteiger partial charge on any atom is 0.269 e. The summed E-state index contributed by atoms with van der Waals surface area (Å²) in [5.41, 5.74) is 0.983. The van der Waals surface area contributed by atoms with Crippen LogP contribution < -0.4 is 15.5 Å². The minimum absolute atomic E-state index is 0.0854. The smallest absolute Gasteiger partial charge is 0.269 e. The molecule has 8 nitrogen and oxygen atoms in total. The van der Waals surface area contributed by atoms with E-state index < -0.39 is 10.8 Å². The number of likely N-dealkylation sites (tertiary alicyclic amines) is 1. The van der Waals surface area contributed by atoms with E-state index in [-0.39, 0.29) is 17.2 Å². The summed E-state index contributed by atoms with van der Waals surface area (Å²) in [5, 5.41) is 16.4. The van der Waals surface area contributed by atoms with Gasteiger partial charge < -0.3 is 15.5 Å². The highest BCUT2D eigenvalue weighted by Crippen LogP contribution is 2.18. The molecule has 1 fully saturated rings. The monoisotopic (exact) mass is 411 g/mol. The van der Waals surface area contributed by atoms with Crippen molar-refractivity contribution in [2.45, 2.75) is 25.7 Å². The zero-order chi connectivity index (χ0) is 21.3. The summed E-state index contributed by atoms with van der Waals surface area (Å²) in [6.07, 6.45) is 4.80. The minimum Gasteiger partial charge on any atom is -0.352 e. The lowest BCUT2D eigenvalue weighted by atomic mass is 10.1. The predicted molar refractivity (Wildman–Crippen MR) is 114 cm³/mol. The van der Waals surface area contributed by atoms with E-state index in [1.165, 1.54) is 56.6 Å². The van der Waals surface area contributed by atoms with Gasteiger partial charge in [-0.2, -0.15) is 0 Å². The topological polar surface area (TPSA) is 106 Å². The minimum atomic E-state index is -0.520. The molecule has 1 heterocycles. The van der Waals surface area contributed by atoms with E-state index in [2.05, 4.69) is 10.6 Å². The molecule has 8 heteroatoms. The van der Waals surface area contributed by atoms with Crippen LogP contribution in [0, 0.1) is 10.1 Å². The number of piperidine rings is 1. The summed E-state index contributed by atoms with van der Waals surface area (Å²) < 4.78 is 0. The number of carbonyl (C=O) groups is 2. The Balaban J connectivity index is 1.55. The highest BCUT2D eigenvalue weighted by atomic mass is 16.6. The Morgan fingerprint density at radius 3 is 2.37 bits per heavy atom. The summed E-state index contributed by atoms with van der Waals surface area (Å²) >= 11 is 0. The Bertz CT molecular complexity index is 892. The number of non-ortho nitro benzene ring substituents is 1. The number of nitro groups is 1. The fourth-order valence-corrected chi connectivity index (χ4v) is 3.66. The Kier molecular flexibility index (Phi) is 7.51. The molecule has 1 aliphatic heterocycles. The molecule has 0 aromatic heterocycles. The number of carbonyl (C=O) groups excluding carboxylic acids is 2. The van der Waals surface area contributed by atoms with Gasteiger partial charge in [0.15, 0.2) is 0 Å². The Morgan fingerprint density at radius 1 is 0.967 bits per heavy atom. The van der Waals surface area contributed by atoms with Crippen molar-refractivity contribution in [3.63, 3.8) is 0 Å². The van der Waals surface area contributed by atoms with Crippen LogP contribution in [0.1, 0.15) is 46.4 Å². The lowest BCUT2D eigenvalue weighted by molar-refractivity contribution is -0.904. The zero-order valence-corrected chi connectivity index (χ0v) is 16.9. The molecular weight excluding hydrogens is 384 g/mol. The second-order valence-electron chi connectivity index (χ2n) is 7.47. The molecule has 3 rings (SSSR count). The number of nitrogens with one attached hydrogen (secondary N) is 3. The molecule has 1 aliphatic rings. The van der Waals surface area contributed by atoms with Crippen LogP contribution in [0.5, 0.6) is 0 Å². The van der Waals surface area contributed by atoms with Gasteiger partial charge in [0.2, 0.25) is 0 Å². The summed E-state index contributed by atoms with van der Waals surface area (Å²) in [4.78, 5) is 36.9. The zero-order valence-electron chi connectivity index (χ0n) is 16.9. The number of rotatable bonds is 8. The van der Waals surface area contributed by atoms with E-state index in [4.69, 9.17) is 0 Å². The van der Waals surface area contributed by atoms with Crippen molar-refractivity contribution in [3.05, 3.63) is 69.8 Å². The third-order valence-corrected chi connectivity index (χ3v) is 5.31. The van der Waals surface area contributed by atoms with Crippen LogP contribution in [-0.2, 0) is 0 Å². The molecular formula is C22H27N4O4+. The molecule has 2 aromatic rings. The second-order valence-corrected chi connectivity index (χ2v) is 7.47. The van der Waals surface area contributed by atoms with Gasteiger partial charge >= 0.3 is 0 Å². The van der Waals surface area contributed by atoms with Gasteiger partial charge in [0.1, 0.15) is 0 Å². The fourth-order valence-electron chi connectivity index (χ4n) is 3.66. The molecule has 1 saturated heterocycles. The van der Waals surface area contributed by atoms with E-state index in [9.17, 15) is 19.7 Å². The van der Waals surface area contributed by atoms with Crippen LogP contribution in [-0.4, -0.2) is 42.9 Å². The number of amides is 2. The quantitative estimate of drug-likeness (QED) is 0.351. The van der Waals surface area contributed by atoms with Crippen LogP contribution in [0.2, 0.25) is 0 Å². The SMILES string of the molecule is O=C(Nc1ccccc1C(=O)NCCC[NH+]1CCCCC1)c1ccc([N+](=O)[O-])cc1. The van der Waals surface area contributed by atoms with Crippen molar-refractivity contribution < 1.29 is 19.4 Å². The Hall–Kier alpha value is -3.26. The third kappa shape index (κ3) is 5.87. The second kappa shape index (κ2) is 10.5. The first-order valence-corrected chi connectivity index (χ1v) is 10.3. The maximum absolute atomic E-state index is 12.6. The molecule has 0 bridgehead atoms. The standard InChI is InChI=1S/C22H26N4O4/c27-21(17-9-11-18(12-10-17)26(29)30)24-20-8-3-2-7-19(20)22(28)23-13-6-16-25-14-4-1-5-15-25/h2-3,7-12H,1,4-6,13-16H2,(H,23,28)(H,24,27)/p+1. The molecule has 30 heavy (non-hydrogen) atoms. The van der Waals surface area contributed by atoms with Crippen molar-refractivity contribution in [2.24, 2.45) is 0 Å². The van der Waals surface area contributed by atoms with E-state index in [1.807, 2.05) is 0 Å². The van der Waals surface area contributed by atoms with Gasteiger partial charge in [-0.3, -0.25) is 19.7 Å². The van der Waals surface area contributed by atoms with Crippen LogP contribution in [0.4, 0.5) is 11.4 Å². The van der Waals surface area contributed by atoms with E-state index in [0.717, 1.165) is 13.0 Å². The van der Waals surface area contributed by atoms with Crippen molar-refractivity contribution in [2.75, 3.05) is 31.5 Å². The fraction of sp³-hybridized carbons (Fsp3) is 0.364. The van der Waals surface area contributed by atoms with Gasteiger partial charge in [0.25, 0.3) is 17.5 Å². The summed E-state index contributed by atoms with van der Waals surface area (Å²) in [6.45, 7) is 4.07. The predicted octanol–water partition coefficient (Wildman–Crippen LogP) is 2.04. The molecule has 158 valence electrons. The molecule has 0 atom stereocenters. The number of benzene rings is 2. The number of nitrogens with zero attached hydrogens (tertiary/aromatic N) is 1. The molecule has 3 N–H and O–H groups in total. The van der Waals surface area contributed by atoms with Crippen molar-refractivity contribution in [1.29, 1.82) is 0 Å². The highest BCUT2D eigenvalue weighted by Gasteiger charge is 2.16. The van der Waals surface area contributed by atoms with Gasteiger partial charge in [-0.15, -0.1) is 0 Å². The number of hydrogen-bond acceptors (Lipinski definition) is 4. The molecule has 0 unspecified atom stereocenters. The van der Waals surface area contributed by atoms with Gasteiger partial charge in [0.05, 0.1) is 35.8 Å². The van der Waals surface area contributed by atoms with Crippen molar-refractivity contribution >= 4 is 23.2 Å². The van der Waals surface area contributed by atoms with Gasteiger partial charge in [-0.25, -0.2) is 0 Å². The number of nitro benzene ring substituents is 1. The third-order valence-electron chi connectivity index (χ3n) is 5.31. The lowest BCUT2D eigenvalue weighted by Crippen LogP contribution is -3.12. The molecule has 0 aliphatic carbocycles. The number of anilines is 1. The molecule has 2 amide bonds. The number of para-hydroxylation sites is 1. The molecule has 0 saturated carbocycles. The van der Waals surface area contributed by atoms with E-state index in [1.54, 1.807) is 29.2 Å². The average Bonchev–Trinajstić information content (AvgIpc) is 2.77. The van der Waals surface area contributed by atoms with E-state index in [0.29, 0.717) is 17.8 Å². The van der Waals surface area contributed by atoms with Gasteiger partial charge in [-0.1, -0.05) is 12.1 Å². The summed E-state index contributed by atoms with van der Waals surface area (Å²) in [5.74, 6) is -0.665. The average molecular weight is 411 g/mol. The van der Waals surface area contributed by atoms with Gasteiger partial charge in [-0.05, 0) is 43.5 Å². The van der Waals surface area contributed by atoms with Crippen LogP contribution in [0.15, 0.2) is 48.5 Å². The number of quaternary nitrogens is 1. The van der Waals surface area contributed by atoms with Crippen LogP contribution >= 0.6 is 0 Å². The first-order valence-electron chi connectivity index (χ1n) is 10.3. The molecule has 0 radical (unpaired) electrons. The maximum atomic E-state index is 12.6. The van der Waals surface area contributed by atoms with Gasteiger partial charge in [0, 0.05) is 30.7 Å². The lowest BCUT2D eigenvalue weighted by Gasteiger charge is -2.23. The first kappa shape index (κ1) is 21.4. The molecule has 0 spiro atoms. The highest BCUT2D eigenvalue weighted by molar-refractivity contribution is 6.09. The Labute approximate surface area is 175 Å². The largest absolute Gasteiger partial charge is 0.352 e. The van der Waals surface area contributed by atoms with Crippen molar-refractivity contribution in [3.8, 4) is 0 Å². The summed E-state index contributed by atoms with van der Waals surface area (Å²) in [7, 11) is 0. The van der Waals surface area contributed by atoms with Crippen LogP contribution in [0.3, 0.4) is 0 Å². The molecule has 2 aromatic carbocycles. The number of hydrogen-bond donors (Lipinski definition) is 3. The van der Waals surface area contributed by atoms with Crippen LogP contribution in [0.25, 0.3) is 0 Å². The first-order chi connectivity index (χ1) is 14.5.